The van der Waals surface area contributed by atoms with Crippen molar-refractivity contribution in [3.05, 3.63) is 120 Å². The number of hydrogen-bond acceptors (Lipinski definition) is 12. The van der Waals surface area contributed by atoms with E-state index in [0.29, 0.717) is 37.6 Å². The molecule has 8 rings (SSSR count). The molecule has 0 spiro atoms. The average molecular weight is 899 g/mol. The lowest BCUT2D eigenvalue weighted by atomic mass is 10.1. The van der Waals surface area contributed by atoms with Crippen molar-refractivity contribution in [1.82, 2.24) is 20.4 Å². The van der Waals surface area contributed by atoms with Gasteiger partial charge in [0, 0.05) is 97.2 Å². The van der Waals surface area contributed by atoms with E-state index < -0.39 is 11.9 Å². The molecule has 4 aromatic carbocycles. The van der Waals surface area contributed by atoms with E-state index in [0.717, 1.165) is 108 Å². The third-order valence-electron chi connectivity index (χ3n) is 11.3. The van der Waals surface area contributed by atoms with Crippen LogP contribution in [0.2, 0.25) is 0 Å². The molecule has 2 N–H and O–H groups in total. The highest BCUT2D eigenvalue weighted by molar-refractivity contribution is 8.00. The van der Waals surface area contributed by atoms with Crippen molar-refractivity contribution in [3.63, 3.8) is 0 Å². The fourth-order valence-electron chi connectivity index (χ4n) is 8.21. The molecule has 4 aromatic rings. The molecule has 0 aromatic heterocycles. The van der Waals surface area contributed by atoms with Crippen LogP contribution < -0.4 is 29.9 Å². The van der Waals surface area contributed by atoms with Gasteiger partial charge >= 0.3 is 11.9 Å². The van der Waals surface area contributed by atoms with Gasteiger partial charge in [-0.2, -0.15) is 0 Å². The number of nitrogens with one attached hydrogen (secondary N) is 2. The highest BCUT2D eigenvalue weighted by atomic mass is 32.2. The van der Waals surface area contributed by atoms with Gasteiger partial charge in [-0.15, -0.1) is 0 Å². The standard InChI is InChI=1S/C50H54N6O6S2/c1-3-25-51-49(59)35-19-21-41-45(55(33-13-31-53-27-9-10-28-53)37-15-5-7-17-39(37)63-41)47(35)61-43(57)23-24-44(58)62-48-36(50(60)52-26-4-2)20-22-42-46(48)56(34-14-32-54-29-11-12-30-54)38-16-6-8-18-40(38)64-42/h5-12,15-24H,3-4,13-14,25-34H2,1-2H3,(H,51,59)(H,52,60)/b24-23+. The summed E-state index contributed by atoms with van der Waals surface area (Å²) < 4.78 is 12.3. The van der Waals surface area contributed by atoms with Crippen molar-refractivity contribution in [3.8, 4) is 11.5 Å². The summed E-state index contributed by atoms with van der Waals surface area (Å²) in [6, 6.07) is 23.3. The van der Waals surface area contributed by atoms with Crippen LogP contribution in [0.1, 0.15) is 60.2 Å². The normalized spacial score (nSPS) is 15.2. The SMILES string of the molecule is CCCNC(=O)c1ccc2c(c1OC(=O)/C=C/C(=O)Oc1c(C(=O)NCCC)ccc3c1N(CCCN1CC=CC1)c1ccccc1S3)N(CCCN1CC=CC1)c1ccccc1S2. The summed E-state index contributed by atoms with van der Waals surface area (Å²) in [5.41, 5.74) is 3.57. The number of ether oxygens (including phenoxy) is 2. The van der Waals surface area contributed by atoms with Crippen LogP contribution in [0.3, 0.4) is 0 Å². The van der Waals surface area contributed by atoms with Gasteiger partial charge in [-0.1, -0.05) is 85.9 Å². The first kappa shape index (κ1) is 44.8. The molecular formula is C50H54N6O6S2. The lowest BCUT2D eigenvalue weighted by Gasteiger charge is -2.35. The monoisotopic (exact) mass is 898 g/mol. The van der Waals surface area contributed by atoms with Crippen molar-refractivity contribution >= 4 is 70.0 Å². The Morgan fingerprint density at radius 1 is 0.547 bits per heavy atom. The minimum Gasteiger partial charge on any atom is -0.420 e. The number of para-hydroxylation sites is 2. The number of fused-ring (bicyclic) bond motifs is 4. The van der Waals surface area contributed by atoms with Gasteiger partial charge in [0.15, 0.2) is 11.5 Å². The van der Waals surface area contributed by atoms with Crippen molar-refractivity contribution in [2.75, 3.05) is 75.2 Å². The van der Waals surface area contributed by atoms with Gasteiger partial charge in [0.25, 0.3) is 11.8 Å². The maximum Gasteiger partial charge on any atom is 0.336 e. The molecule has 0 bridgehead atoms. The van der Waals surface area contributed by atoms with E-state index >= 15 is 0 Å². The third-order valence-corrected chi connectivity index (χ3v) is 13.5. The van der Waals surface area contributed by atoms with Crippen molar-refractivity contribution < 1.29 is 28.7 Å². The minimum absolute atomic E-state index is 0.113. The number of amides is 2. The van der Waals surface area contributed by atoms with Crippen LogP contribution in [-0.2, 0) is 9.59 Å². The first-order valence-corrected chi connectivity index (χ1v) is 23.8. The van der Waals surface area contributed by atoms with Gasteiger partial charge in [0.2, 0.25) is 0 Å². The molecule has 332 valence electrons. The van der Waals surface area contributed by atoms with Gasteiger partial charge in [-0.25, -0.2) is 9.59 Å². The number of nitrogens with zero attached hydrogens (tertiary/aromatic N) is 4. The van der Waals surface area contributed by atoms with E-state index in [1.54, 1.807) is 35.7 Å². The van der Waals surface area contributed by atoms with Crippen molar-refractivity contribution in [1.29, 1.82) is 0 Å². The molecule has 12 nitrogen and oxygen atoms in total. The highest BCUT2D eigenvalue weighted by Gasteiger charge is 2.33. The summed E-state index contributed by atoms with van der Waals surface area (Å²) in [6.07, 6.45) is 13.8. The van der Waals surface area contributed by atoms with Gasteiger partial charge < -0.3 is 29.9 Å². The lowest BCUT2D eigenvalue weighted by Crippen LogP contribution is -2.30. The van der Waals surface area contributed by atoms with Crippen LogP contribution >= 0.6 is 23.5 Å². The fraction of sp³-hybridized carbons (Fsp3) is 0.320. The van der Waals surface area contributed by atoms with Crippen LogP contribution in [0.5, 0.6) is 11.5 Å². The van der Waals surface area contributed by atoms with E-state index in [1.807, 2.05) is 62.4 Å². The smallest absolute Gasteiger partial charge is 0.336 e. The molecule has 4 heterocycles. The topological polar surface area (TPSA) is 124 Å². The summed E-state index contributed by atoms with van der Waals surface area (Å²) in [5.74, 6) is -2.23. The summed E-state index contributed by atoms with van der Waals surface area (Å²) >= 11 is 3.10. The van der Waals surface area contributed by atoms with Crippen LogP contribution in [0.15, 0.2) is 129 Å². The second kappa shape index (κ2) is 21.3. The minimum atomic E-state index is -0.861. The third kappa shape index (κ3) is 10.3. The number of carbonyl (C=O) groups is 4. The Kier molecular flexibility index (Phi) is 14.9. The predicted molar refractivity (Wildman–Crippen MR) is 254 cm³/mol. The molecular weight excluding hydrogens is 845 g/mol. The molecule has 0 saturated carbocycles. The zero-order valence-electron chi connectivity index (χ0n) is 36.3. The average Bonchev–Trinajstić information content (AvgIpc) is 4.04. The quantitative estimate of drug-likeness (QED) is 0.0430. The molecule has 0 radical (unpaired) electrons. The lowest BCUT2D eigenvalue weighted by molar-refractivity contribution is -0.131. The largest absolute Gasteiger partial charge is 0.420 e. The maximum atomic E-state index is 14.0. The predicted octanol–water partition coefficient (Wildman–Crippen LogP) is 8.76. The van der Waals surface area contributed by atoms with E-state index in [1.165, 1.54) is 0 Å². The van der Waals surface area contributed by atoms with Crippen LogP contribution in [0.4, 0.5) is 22.7 Å². The second-order valence-electron chi connectivity index (χ2n) is 15.9. The van der Waals surface area contributed by atoms with E-state index in [-0.39, 0.29) is 34.4 Å². The zero-order valence-corrected chi connectivity index (χ0v) is 38.0. The summed E-state index contributed by atoms with van der Waals surface area (Å²) in [6.45, 7) is 11.4. The highest BCUT2D eigenvalue weighted by Crippen LogP contribution is 2.54. The number of hydrogen-bond donors (Lipinski definition) is 2. The number of anilines is 4. The molecule has 0 fully saturated rings. The molecule has 0 aliphatic carbocycles. The molecule has 4 aliphatic heterocycles. The molecule has 4 aliphatic rings. The summed E-state index contributed by atoms with van der Waals surface area (Å²) in [5, 5.41) is 5.89. The Labute approximate surface area is 383 Å². The Balaban J connectivity index is 1.09. The number of benzene rings is 4. The van der Waals surface area contributed by atoms with Gasteiger partial charge in [0.05, 0.1) is 33.9 Å². The molecule has 0 saturated heterocycles. The first-order chi connectivity index (χ1) is 31.3. The molecule has 0 unspecified atom stereocenters. The van der Waals surface area contributed by atoms with E-state index in [9.17, 15) is 19.2 Å². The molecule has 64 heavy (non-hydrogen) atoms. The summed E-state index contributed by atoms with van der Waals surface area (Å²) in [7, 11) is 0. The Hall–Kier alpha value is -5.80. The Bertz CT molecular complexity index is 2300. The van der Waals surface area contributed by atoms with Gasteiger partial charge in [0.1, 0.15) is 0 Å². The van der Waals surface area contributed by atoms with Gasteiger partial charge in [-0.05, 0) is 74.2 Å². The van der Waals surface area contributed by atoms with Crippen LogP contribution in [0, 0.1) is 0 Å². The number of esters is 2. The van der Waals surface area contributed by atoms with Crippen LogP contribution in [0.25, 0.3) is 0 Å². The Morgan fingerprint density at radius 3 is 1.36 bits per heavy atom. The zero-order chi connectivity index (χ0) is 44.4. The van der Waals surface area contributed by atoms with E-state index in [2.05, 4.69) is 66.7 Å². The van der Waals surface area contributed by atoms with Crippen molar-refractivity contribution in [2.45, 2.75) is 59.1 Å². The molecule has 14 heteroatoms. The number of rotatable bonds is 18. The van der Waals surface area contributed by atoms with Gasteiger partial charge in [-0.3, -0.25) is 19.4 Å². The molecule has 0 atom stereocenters. The second-order valence-corrected chi connectivity index (χ2v) is 18.0. The summed E-state index contributed by atoms with van der Waals surface area (Å²) in [4.78, 5) is 68.1. The van der Waals surface area contributed by atoms with Crippen molar-refractivity contribution in [2.24, 2.45) is 0 Å². The van der Waals surface area contributed by atoms with E-state index in [4.69, 9.17) is 9.47 Å². The Morgan fingerprint density at radius 2 is 0.953 bits per heavy atom. The molecule has 2 amide bonds. The fourth-order valence-corrected chi connectivity index (χ4v) is 10.4. The maximum absolute atomic E-state index is 14.0. The first-order valence-electron chi connectivity index (χ1n) is 22.2. The number of carbonyl (C=O) groups excluding carboxylic acids is 4. The van der Waals surface area contributed by atoms with Crippen LogP contribution in [-0.4, -0.2) is 99.0 Å².